The van der Waals surface area contributed by atoms with E-state index in [2.05, 4.69) is 25.6 Å². The normalized spacial score (nSPS) is 16.4. The Kier molecular flexibility index (Phi) is 3.51. The number of carbonyl (C=O) groups excluding carboxylic acids is 1. The lowest BCUT2D eigenvalue weighted by atomic mass is 10.3. The topological polar surface area (TPSA) is 74.6 Å². The summed E-state index contributed by atoms with van der Waals surface area (Å²) in [6.45, 7) is 5.68. The second-order valence-corrected chi connectivity index (χ2v) is 4.94. The Labute approximate surface area is 117 Å². The first-order valence-corrected chi connectivity index (χ1v) is 6.77. The number of aromatic nitrogens is 3. The molecule has 20 heavy (non-hydrogen) atoms. The SMILES string of the molecule is Cc1cc(NCCN2CCNC(=O)C2)n2nccc2n1. The zero-order valence-corrected chi connectivity index (χ0v) is 11.5. The maximum absolute atomic E-state index is 11.3. The Morgan fingerprint density at radius 3 is 3.25 bits per heavy atom. The predicted octanol–water partition coefficient (Wildman–Crippen LogP) is -0.119. The molecule has 7 heteroatoms. The number of aryl methyl sites for hydroxylation is 1. The number of piperazine rings is 1. The summed E-state index contributed by atoms with van der Waals surface area (Å²) in [5, 5.41) is 10.4. The summed E-state index contributed by atoms with van der Waals surface area (Å²) in [6.07, 6.45) is 1.74. The van der Waals surface area contributed by atoms with E-state index in [1.807, 2.05) is 19.1 Å². The minimum Gasteiger partial charge on any atom is -0.369 e. The van der Waals surface area contributed by atoms with E-state index < -0.39 is 0 Å². The molecule has 7 nitrogen and oxygen atoms in total. The van der Waals surface area contributed by atoms with E-state index in [0.29, 0.717) is 6.54 Å². The average molecular weight is 274 g/mol. The fourth-order valence-electron chi connectivity index (χ4n) is 2.39. The van der Waals surface area contributed by atoms with Crippen molar-refractivity contribution >= 4 is 17.4 Å². The van der Waals surface area contributed by atoms with Crippen LogP contribution in [0.4, 0.5) is 5.82 Å². The van der Waals surface area contributed by atoms with E-state index in [1.54, 1.807) is 10.7 Å². The van der Waals surface area contributed by atoms with E-state index in [0.717, 1.165) is 43.3 Å². The first-order valence-electron chi connectivity index (χ1n) is 6.77. The molecule has 2 aromatic rings. The second kappa shape index (κ2) is 5.46. The van der Waals surface area contributed by atoms with Crippen molar-refractivity contribution in [2.45, 2.75) is 6.92 Å². The minimum atomic E-state index is 0.102. The van der Waals surface area contributed by atoms with Gasteiger partial charge in [-0.05, 0) is 6.92 Å². The van der Waals surface area contributed by atoms with Crippen LogP contribution in [-0.2, 0) is 4.79 Å². The summed E-state index contributed by atoms with van der Waals surface area (Å²) in [4.78, 5) is 17.8. The molecule has 2 N–H and O–H groups in total. The van der Waals surface area contributed by atoms with Gasteiger partial charge in [-0.1, -0.05) is 0 Å². The average Bonchev–Trinajstić information content (AvgIpc) is 2.87. The number of fused-ring (bicyclic) bond motifs is 1. The van der Waals surface area contributed by atoms with E-state index in [9.17, 15) is 4.79 Å². The molecule has 0 unspecified atom stereocenters. The van der Waals surface area contributed by atoms with E-state index in [-0.39, 0.29) is 5.91 Å². The van der Waals surface area contributed by atoms with Gasteiger partial charge in [-0.3, -0.25) is 9.69 Å². The summed E-state index contributed by atoms with van der Waals surface area (Å²) in [5.41, 5.74) is 1.79. The van der Waals surface area contributed by atoms with Gasteiger partial charge in [0.2, 0.25) is 5.91 Å². The molecular weight excluding hydrogens is 256 g/mol. The van der Waals surface area contributed by atoms with Crippen LogP contribution >= 0.6 is 0 Å². The number of carbonyl (C=O) groups is 1. The zero-order chi connectivity index (χ0) is 13.9. The van der Waals surface area contributed by atoms with Gasteiger partial charge in [0.15, 0.2) is 5.65 Å². The van der Waals surface area contributed by atoms with Crippen LogP contribution in [0, 0.1) is 6.92 Å². The Hall–Kier alpha value is -2.15. The van der Waals surface area contributed by atoms with Gasteiger partial charge in [0.05, 0.1) is 12.7 Å². The Morgan fingerprint density at radius 2 is 2.40 bits per heavy atom. The molecule has 0 spiro atoms. The third-order valence-corrected chi connectivity index (χ3v) is 3.34. The summed E-state index contributed by atoms with van der Waals surface area (Å²) in [7, 11) is 0. The standard InChI is InChI=1S/C13H18N6O/c1-10-8-12(19-11(17-10)2-3-16-19)14-4-6-18-7-5-15-13(20)9-18/h2-3,8,14H,4-7,9H2,1H3,(H,15,20). The smallest absolute Gasteiger partial charge is 0.234 e. The molecular formula is C13H18N6O. The van der Waals surface area contributed by atoms with Crippen LogP contribution in [0.1, 0.15) is 5.69 Å². The fourth-order valence-corrected chi connectivity index (χ4v) is 2.39. The number of anilines is 1. The van der Waals surface area contributed by atoms with Gasteiger partial charge in [-0.15, -0.1) is 0 Å². The quantitative estimate of drug-likeness (QED) is 0.813. The molecule has 0 saturated carbocycles. The summed E-state index contributed by atoms with van der Waals surface area (Å²) in [6, 6.07) is 3.86. The highest BCUT2D eigenvalue weighted by molar-refractivity contribution is 5.78. The molecule has 1 saturated heterocycles. The maximum Gasteiger partial charge on any atom is 0.234 e. The highest BCUT2D eigenvalue weighted by Gasteiger charge is 2.15. The molecule has 0 bridgehead atoms. The molecule has 1 aliphatic heterocycles. The summed E-state index contributed by atoms with van der Waals surface area (Å²) in [5.74, 6) is 1.03. The van der Waals surface area contributed by atoms with Crippen LogP contribution in [0.25, 0.3) is 5.65 Å². The van der Waals surface area contributed by atoms with E-state index in [1.165, 1.54) is 0 Å². The molecule has 106 valence electrons. The number of hydrogen-bond donors (Lipinski definition) is 2. The molecule has 0 aliphatic carbocycles. The van der Waals surface area contributed by atoms with Gasteiger partial charge in [0, 0.05) is 44.0 Å². The predicted molar refractivity (Wildman–Crippen MR) is 75.7 cm³/mol. The van der Waals surface area contributed by atoms with Crippen molar-refractivity contribution in [3.05, 3.63) is 24.0 Å². The lowest BCUT2D eigenvalue weighted by Gasteiger charge is -2.26. The molecule has 1 fully saturated rings. The molecule has 2 aromatic heterocycles. The molecule has 3 rings (SSSR count). The zero-order valence-electron chi connectivity index (χ0n) is 11.5. The van der Waals surface area contributed by atoms with Crippen molar-refractivity contribution < 1.29 is 4.79 Å². The van der Waals surface area contributed by atoms with Crippen LogP contribution in [0.3, 0.4) is 0 Å². The first kappa shape index (κ1) is 12.9. The Bertz CT molecular complexity index is 622. The highest BCUT2D eigenvalue weighted by atomic mass is 16.2. The monoisotopic (exact) mass is 274 g/mol. The van der Waals surface area contributed by atoms with Crippen molar-refractivity contribution in [1.82, 2.24) is 24.8 Å². The summed E-state index contributed by atoms with van der Waals surface area (Å²) < 4.78 is 1.79. The van der Waals surface area contributed by atoms with Crippen LogP contribution in [-0.4, -0.2) is 58.1 Å². The minimum absolute atomic E-state index is 0.102. The molecule has 1 amide bonds. The molecule has 0 atom stereocenters. The van der Waals surface area contributed by atoms with Crippen molar-refractivity contribution in [3.8, 4) is 0 Å². The highest BCUT2D eigenvalue weighted by Crippen LogP contribution is 2.11. The van der Waals surface area contributed by atoms with Crippen molar-refractivity contribution in [1.29, 1.82) is 0 Å². The van der Waals surface area contributed by atoms with Crippen molar-refractivity contribution in [2.24, 2.45) is 0 Å². The van der Waals surface area contributed by atoms with Gasteiger partial charge < -0.3 is 10.6 Å². The van der Waals surface area contributed by atoms with Gasteiger partial charge in [-0.25, -0.2) is 4.98 Å². The van der Waals surface area contributed by atoms with Gasteiger partial charge in [-0.2, -0.15) is 9.61 Å². The molecule has 0 radical (unpaired) electrons. The Morgan fingerprint density at radius 1 is 1.50 bits per heavy atom. The molecule has 3 heterocycles. The maximum atomic E-state index is 11.3. The summed E-state index contributed by atoms with van der Waals surface area (Å²) >= 11 is 0. The second-order valence-electron chi connectivity index (χ2n) is 4.94. The van der Waals surface area contributed by atoms with Crippen LogP contribution in [0.5, 0.6) is 0 Å². The van der Waals surface area contributed by atoms with Crippen molar-refractivity contribution in [2.75, 3.05) is 38.0 Å². The number of hydrogen-bond acceptors (Lipinski definition) is 5. The number of nitrogens with one attached hydrogen (secondary N) is 2. The third kappa shape index (κ3) is 2.72. The number of amides is 1. The fraction of sp³-hybridized carbons (Fsp3) is 0.462. The Balaban J connectivity index is 1.62. The van der Waals surface area contributed by atoms with E-state index in [4.69, 9.17) is 0 Å². The lowest BCUT2D eigenvalue weighted by Crippen LogP contribution is -2.48. The lowest BCUT2D eigenvalue weighted by molar-refractivity contribution is -0.124. The van der Waals surface area contributed by atoms with Gasteiger partial charge in [0.25, 0.3) is 0 Å². The first-order chi connectivity index (χ1) is 9.72. The van der Waals surface area contributed by atoms with E-state index >= 15 is 0 Å². The van der Waals surface area contributed by atoms with Crippen LogP contribution < -0.4 is 10.6 Å². The molecule has 1 aliphatic rings. The number of rotatable bonds is 4. The molecule has 0 aromatic carbocycles. The third-order valence-electron chi connectivity index (χ3n) is 3.34. The van der Waals surface area contributed by atoms with Gasteiger partial charge >= 0.3 is 0 Å². The van der Waals surface area contributed by atoms with Gasteiger partial charge in [0.1, 0.15) is 5.82 Å². The number of nitrogens with zero attached hydrogens (tertiary/aromatic N) is 4. The van der Waals surface area contributed by atoms with Crippen LogP contribution in [0.15, 0.2) is 18.3 Å². The van der Waals surface area contributed by atoms with Crippen molar-refractivity contribution in [3.63, 3.8) is 0 Å². The van der Waals surface area contributed by atoms with Crippen LogP contribution in [0.2, 0.25) is 0 Å². The largest absolute Gasteiger partial charge is 0.369 e.